The molecule has 0 aromatic carbocycles. The third-order valence-electron chi connectivity index (χ3n) is 8.59. The molecule has 0 unspecified atom stereocenters. The fourth-order valence-electron chi connectivity index (χ4n) is 4.67. The third kappa shape index (κ3) is 13.1. The van der Waals surface area contributed by atoms with E-state index in [1.54, 1.807) is 14.0 Å². The predicted molar refractivity (Wildman–Crippen MR) is 171 cm³/mol. The summed E-state index contributed by atoms with van der Waals surface area (Å²) in [6, 6.07) is 0. The Hall–Kier alpha value is -1.39. The van der Waals surface area contributed by atoms with Gasteiger partial charge in [0, 0.05) is 18.9 Å². The topological polar surface area (TPSA) is 97.4 Å². The first kappa shape index (κ1) is 40.6. The van der Waals surface area contributed by atoms with Crippen molar-refractivity contribution in [3.05, 3.63) is 11.6 Å². The Bertz CT molecular complexity index is 883. The van der Waals surface area contributed by atoms with Crippen molar-refractivity contribution in [2.24, 2.45) is 29.1 Å². The Balaban J connectivity index is 6.56. The van der Waals surface area contributed by atoms with Gasteiger partial charge in [0.15, 0.2) is 19.9 Å². The van der Waals surface area contributed by atoms with Gasteiger partial charge >= 0.3 is 5.97 Å². The van der Waals surface area contributed by atoms with Crippen LogP contribution in [0, 0.1) is 29.1 Å². The zero-order valence-electron chi connectivity index (χ0n) is 29.3. The highest BCUT2D eigenvalue weighted by Crippen LogP contribution is 2.41. The van der Waals surface area contributed by atoms with Crippen molar-refractivity contribution in [3.63, 3.8) is 0 Å². The molecular formula is C33H62O8Si. The van der Waals surface area contributed by atoms with E-state index in [0.717, 1.165) is 6.42 Å². The normalized spacial score (nSPS) is 17.6. The molecule has 0 spiro atoms. The highest BCUT2D eigenvalue weighted by Gasteiger charge is 2.45. The molecule has 0 aromatic heterocycles. The van der Waals surface area contributed by atoms with Gasteiger partial charge in [-0.2, -0.15) is 0 Å². The van der Waals surface area contributed by atoms with E-state index in [9.17, 15) is 14.4 Å². The number of hydrogen-bond acceptors (Lipinski definition) is 8. The fourth-order valence-corrected chi connectivity index (χ4v) is 6.12. The van der Waals surface area contributed by atoms with Crippen molar-refractivity contribution in [1.29, 1.82) is 0 Å². The average Bonchev–Trinajstić information content (AvgIpc) is 2.86. The van der Waals surface area contributed by atoms with Crippen LogP contribution in [-0.4, -0.2) is 71.8 Å². The lowest BCUT2D eigenvalue weighted by atomic mass is 9.77. The van der Waals surface area contributed by atoms with Crippen molar-refractivity contribution in [2.45, 2.75) is 120 Å². The largest absolute Gasteiger partial charge is 0.465 e. The number of allylic oxidation sites excluding steroid dienone is 2. The van der Waals surface area contributed by atoms with Gasteiger partial charge in [-0.3, -0.25) is 14.4 Å². The molecule has 42 heavy (non-hydrogen) atoms. The minimum Gasteiger partial charge on any atom is -0.465 e. The Morgan fingerprint density at radius 2 is 1.45 bits per heavy atom. The average molecular weight is 615 g/mol. The SMILES string of the molecule is CC[C@@H](COC(=O)C(C)(C)C)[C@@H](C)[C@H](OCOCCOC)[C@@H](C)[C@H](O[Si](C)(C)C(C)(C)C)[C@@H](C)C(=O)/C(C)=C\C(C)=O. The number of Topliss-reactive ketones (excluding diaryl/α,β-unsaturated/α-hetero) is 1. The van der Waals surface area contributed by atoms with Gasteiger partial charge in [-0.15, -0.1) is 0 Å². The highest BCUT2D eigenvalue weighted by molar-refractivity contribution is 6.74. The number of esters is 1. The second-order valence-electron chi connectivity index (χ2n) is 14.3. The first-order valence-electron chi connectivity index (χ1n) is 15.4. The Morgan fingerprint density at radius 1 is 0.881 bits per heavy atom. The maximum Gasteiger partial charge on any atom is 0.311 e. The molecule has 0 bridgehead atoms. The maximum atomic E-state index is 13.6. The number of ketones is 2. The van der Waals surface area contributed by atoms with Gasteiger partial charge in [-0.05, 0) is 82.7 Å². The summed E-state index contributed by atoms with van der Waals surface area (Å²) < 4.78 is 30.0. The summed E-state index contributed by atoms with van der Waals surface area (Å²) in [4.78, 5) is 38.0. The minimum atomic E-state index is -2.33. The van der Waals surface area contributed by atoms with Crippen LogP contribution in [0.15, 0.2) is 11.6 Å². The van der Waals surface area contributed by atoms with Gasteiger partial charge in [0.2, 0.25) is 0 Å². The van der Waals surface area contributed by atoms with Gasteiger partial charge in [0.1, 0.15) is 6.79 Å². The number of hydrogen-bond donors (Lipinski definition) is 0. The van der Waals surface area contributed by atoms with Gasteiger partial charge in [0.05, 0.1) is 37.4 Å². The first-order valence-corrected chi connectivity index (χ1v) is 18.3. The van der Waals surface area contributed by atoms with Crippen LogP contribution in [0.1, 0.15) is 89.5 Å². The second-order valence-corrected chi connectivity index (χ2v) is 19.1. The lowest BCUT2D eigenvalue weighted by Gasteiger charge is -2.45. The van der Waals surface area contributed by atoms with Crippen molar-refractivity contribution >= 4 is 25.9 Å². The van der Waals surface area contributed by atoms with Gasteiger partial charge in [-0.1, -0.05) is 48.5 Å². The smallest absolute Gasteiger partial charge is 0.311 e. The predicted octanol–water partition coefficient (Wildman–Crippen LogP) is 7.01. The molecule has 0 radical (unpaired) electrons. The molecule has 0 heterocycles. The molecule has 0 saturated carbocycles. The van der Waals surface area contributed by atoms with Crippen LogP contribution < -0.4 is 0 Å². The summed E-state index contributed by atoms with van der Waals surface area (Å²) in [6.07, 6.45) is 1.32. The lowest BCUT2D eigenvalue weighted by Crippen LogP contribution is -2.52. The minimum absolute atomic E-state index is 0.0154. The summed E-state index contributed by atoms with van der Waals surface area (Å²) in [6.45, 7) is 28.8. The van der Waals surface area contributed by atoms with Crippen LogP contribution in [0.2, 0.25) is 18.1 Å². The summed E-state index contributed by atoms with van der Waals surface area (Å²) in [5.74, 6) is -1.30. The first-order chi connectivity index (χ1) is 19.1. The molecule has 9 heteroatoms. The molecular weight excluding hydrogens is 552 g/mol. The summed E-state index contributed by atoms with van der Waals surface area (Å²) >= 11 is 0. The zero-order valence-corrected chi connectivity index (χ0v) is 30.3. The van der Waals surface area contributed by atoms with Gasteiger partial charge in [-0.25, -0.2) is 0 Å². The summed E-state index contributed by atoms with van der Waals surface area (Å²) in [7, 11) is -0.717. The van der Waals surface area contributed by atoms with E-state index in [1.807, 2.05) is 27.7 Å². The van der Waals surface area contributed by atoms with E-state index in [2.05, 4.69) is 54.6 Å². The molecule has 0 aliphatic heterocycles. The Morgan fingerprint density at radius 3 is 1.90 bits per heavy atom. The number of rotatable bonds is 19. The maximum absolute atomic E-state index is 13.6. The van der Waals surface area contributed by atoms with Crippen molar-refractivity contribution < 1.29 is 37.8 Å². The van der Waals surface area contributed by atoms with Crippen LogP contribution in [0.3, 0.4) is 0 Å². The van der Waals surface area contributed by atoms with E-state index in [4.69, 9.17) is 23.4 Å². The zero-order chi connectivity index (χ0) is 33.1. The van der Waals surface area contributed by atoms with Crippen molar-refractivity contribution in [3.8, 4) is 0 Å². The highest BCUT2D eigenvalue weighted by atomic mass is 28.4. The molecule has 6 atom stereocenters. The second kappa shape index (κ2) is 17.8. The van der Waals surface area contributed by atoms with E-state index in [1.165, 1.54) is 13.0 Å². The molecule has 0 fully saturated rings. The van der Waals surface area contributed by atoms with Crippen LogP contribution in [0.5, 0.6) is 0 Å². The quantitative estimate of drug-likeness (QED) is 0.0504. The van der Waals surface area contributed by atoms with Crippen LogP contribution >= 0.6 is 0 Å². The molecule has 0 N–H and O–H groups in total. The van der Waals surface area contributed by atoms with E-state index in [-0.39, 0.29) is 59.8 Å². The van der Waals surface area contributed by atoms with E-state index in [0.29, 0.717) is 18.8 Å². The lowest BCUT2D eigenvalue weighted by molar-refractivity contribution is -0.163. The van der Waals surface area contributed by atoms with Crippen molar-refractivity contribution in [2.75, 3.05) is 33.7 Å². The molecule has 8 nitrogen and oxygen atoms in total. The number of carbonyl (C=O) groups excluding carboxylic acids is 3. The number of methoxy groups -OCH3 is 1. The number of carbonyl (C=O) groups is 3. The number of ether oxygens (including phenoxy) is 4. The van der Waals surface area contributed by atoms with Crippen LogP contribution in [0.4, 0.5) is 0 Å². The fraction of sp³-hybridized carbons (Fsp3) is 0.848. The summed E-state index contributed by atoms with van der Waals surface area (Å²) in [5.41, 5.74) is -0.178. The molecule has 246 valence electrons. The van der Waals surface area contributed by atoms with Gasteiger partial charge < -0.3 is 23.4 Å². The monoisotopic (exact) mass is 614 g/mol. The molecule has 0 aromatic rings. The van der Waals surface area contributed by atoms with E-state index >= 15 is 0 Å². The van der Waals surface area contributed by atoms with Crippen LogP contribution in [0.25, 0.3) is 0 Å². The molecule has 0 amide bonds. The van der Waals surface area contributed by atoms with Crippen LogP contribution in [-0.2, 0) is 37.8 Å². The molecule has 0 aliphatic rings. The molecule has 0 saturated heterocycles. The third-order valence-corrected chi connectivity index (χ3v) is 13.1. The van der Waals surface area contributed by atoms with E-state index < -0.39 is 25.8 Å². The molecule has 0 rings (SSSR count). The standard InChI is InChI=1S/C33H62O8Si/c1-16-27(20-39-31(36)32(7,8)9)24(4)29(40-21-38-18-17-37-13)26(6)30(41-42(14,15)33(10,11)12)25(5)28(35)22(2)19-23(3)34/h19,24-27,29-30H,16-18,20-21H2,1-15H3/b22-19-/t24-,25+,26-,27+,29+,30-/m1/s1. The Kier molecular flexibility index (Phi) is 17.2. The van der Waals surface area contributed by atoms with Gasteiger partial charge in [0.25, 0.3) is 0 Å². The summed E-state index contributed by atoms with van der Waals surface area (Å²) in [5, 5.41) is -0.0870. The van der Waals surface area contributed by atoms with Crippen molar-refractivity contribution in [1.82, 2.24) is 0 Å². The Labute approximate surface area is 257 Å². The molecule has 0 aliphatic carbocycles.